The van der Waals surface area contributed by atoms with Crippen LogP contribution in [0.4, 0.5) is 11.4 Å². The first-order valence-electron chi connectivity index (χ1n) is 6.95. The lowest BCUT2D eigenvalue weighted by Gasteiger charge is -2.35. The quantitative estimate of drug-likeness (QED) is 0.616. The molecule has 1 aromatic carbocycles. The first kappa shape index (κ1) is 13.3. The van der Waals surface area contributed by atoms with Crippen LogP contribution in [-0.4, -0.2) is 55.3 Å². The zero-order chi connectivity index (χ0) is 14.1. The smallest absolute Gasteiger partial charge is 0.292 e. The van der Waals surface area contributed by atoms with E-state index in [1.807, 2.05) is 19.2 Å². The Morgan fingerprint density at radius 3 is 2.80 bits per heavy atom. The zero-order valence-electron chi connectivity index (χ0n) is 11.6. The summed E-state index contributed by atoms with van der Waals surface area (Å²) in [6.45, 7) is 3.64. The molecule has 0 unspecified atom stereocenters. The number of nitrogens with zero attached hydrogens (tertiary/aromatic N) is 3. The van der Waals surface area contributed by atoms with E-state index in [2.05, 4.69) is 9.80 Å². The van der Waals surface area contributed by atoms with Gasteiger partial charge in [-0.3, -0.25) is 15.0 Å². The van der Waals surface area contributed by atoms with Crippen LogP contribution in [0.15, 0.2) is 24.3 Å². The lowest BCUT2D eigenvalue weighted by atomic mass is 10.2. The number of anilines is 1. The summed E-state index contributed by atoms with van der Waals surface area (Å²) in [5.41, 5.74) is 0.884. The van der Waals surface area contributed by atoms with E-state index < -0.39 is 0 Å². The molecule has 6 heteroatoms. The predicted molar refractivity (Wildman–Crippen MR) is 76.1 cm³/mol. The number of hydrogen-bond donors (Lipinski definition) is 0. The van der Waals surface area contributed by atoms with Crippen LogP contribution < -0.4 is 4.90 Å². The van der Waals surface area contributed by atoms with E-state index in [1.165, 1.54) is 0 Å². The average Bonchev–Trinajstić information content (AvgIpc) is 2.85. The number of ether oxygens (including phenoxy) is 1. The van der Waals surface area contributed by atoms with E-state index in [0.29, 0.717) is 17.8 Å². The van der Waals surface area contributed by atoms with Gasteiger partial charge in [0.2, 0.25) is 0 Å². The van der Waals surface area contributed by atoms with Gasteiger partial charge in [-0.25, -0.2) is 0 Å². The van der Waals surface area contributed by atoms with Crippen LogP contribution in [0.3, 0.4) is 0 Å². The van der Waals surface area contributed by atoms with E-state index in [1.54, 1.807) is 12.1 Å². The number of para-hydroxylation sites is 2. The minimum absolute atomic E-state index is 0.181. The molecule has 3 rings (SSSR count). The van der Waals surface area contributed by atoms with Crippen LogP contribution in [0, 0.1) is 10.1 Å². The van der Waals surface area contributed by atoms with E-state index in [0.717, 1.165) is 32.7 Å². The Morgan fingerprint density at radius 2 is 2.15 bits per heavy atom. The normalized spacial score (nSPS) is 23.6. The first-order chi connectivity index (χ1) is 9.66. The van der Waals surface area contributed by atoms with Crippen molar-refractivity contribution in [2.24, 2.45) is 0 Å². The molecule has 0 aromatic heterocycles. The van der Waals surface area contributed by atoms with Crippen molar-refractivity contribution >= 4 is 11.4 Å². The molecule has 2 aliphatic heterocycles. The zero-order valence-corrected chi connectivity index (χ0v) is 11.6. The van der Waals surface area contributed by atoms with Crippen molar-refractivity contribution in [1.29, 1.82) is 0 Å². The number of nitro benzene ring substituents is 1. The van der Waals surface area contributed by atoms with Gasteiger partial charge in [0.1, 0.15) is 5.69 Å². The minimum atomic E-state index is -0.307. The summed E-state index contributed by atoms with van der Waals surface area (Å²) >= 11 is 0. The SMILES string of the molecule is CN(c1ccccc1[N+](=O)[O-])[C@H]1CCN(C2COC2)C1. The van der Waals surface area contributed by atoms with Gasteiger partial charge >= 0.3 is 0 Å². The molecule has 0 saturated carbocycles. The molecule has 0 bridgehead atoms. The second kappa shape index (κ2) is 5.38. The van der Waals surface area contributed by atoms with Crippen LogP contribution in [0.2, 0.25) is 0 Å². The average molecular weight is 277 g/mol. The molecule has 20 heavy (non-hydrogen) atoms. The van der Waals surface area contributed by atoms with Gasteiger partial charge in [0, 0.05) is 32.2 Å². The van der Waals surface area contributed by atoms with Crippen molar-refractivity contribution in [3.05, 3.63) is 34.4 Å². The molecule has 0 N–H and O–H groups in total. The summed E-state index contributed by atoms with van der Waals surface area (Å²) in [6, 6.07) is 7.83. The van der Waals surface area contributed by atoms with Crippen molar-refractivity contribution in [1.82, 2.24) is 4.90 Å². The number of hydrogen-bond acceptors (Lipinski definition) is 5. The lowest BCUT2D eigenvalue weighted by Crippen LogP contribution is -2.49. The molecular formula is C14H19N3O3. The van der Waals surface area contributed by atoms with Gasteiger partial charge in [-0.1, -0.05) is 12.1 Å². The Morgan fingerprint density at radius 1 is 1.40 bits per heavy atom. The summed E-state index contributed by atoms with van der Waals surface area (Å²) in [6.07, 6.45) is 1.04. The molecule has 108 valence electrons. The fraction of sp³-hybridized carbons (Fsp3) is 0.571. The van der Waals surface area contributed by atoms with Crippen molar-refractivity contribution in [2.75, 3.05) is 38.3 Å². The van der Waals surface area contributed by atoms with Gasteiger partial charge < -0.3 is 9.64 Å². The van der Waals surface area contributed by atoms with Gasteiger partial charge in [-0.05, 0) is 12.5 Å². The second-order valence-electron chi connectivity index (χ2n) is 5.49. The molecule has 2 fully saturated rings. The Bertz CT molecular complexity index is 504. The van der Waals surface area contributed by atoms with Crippen molar-refractivity contribution in [3.8, 4) is 0 Å². The van der Waals surface area contributed by atoms with E-state index in [9.17, 15) is 10.1 Å². The Hall–Kier alpha value is -1.66. The third-order valence-electron chi connectivity index (χ3n) is 4.34. The fourth-order valence-corrected chi connectivity index (χ4v) is 2.96. The standard InChI is InChI=1S/C14H19N3O3/c1-15(13-4-2-3-5-14(13)17(18)19)11-6-7-16(8-11)12-9-20-10-12/h2-5,11-12H,6-10H2,1H3/t11-/m0/s1. The van der Waals surface area contributed by atoms with Crippen LogP contribution in [-0.2, 0) is 4.74 Å². The van der Waals surface area contributed by atoms with Gasteiger partial charge in [-0.2, -0.15) is 0 Å². The maximum absolute atomic E-state index is 11.1. The number of likely N-dealkylation sites (N-methyl/N-ethyl adjacent to an activating group) is 1. The molecule has 6 nitrogen and oxygen atoms in total. The van der Waals surface area contributed by atoms with Crippen molar-refractivity contribution in [3.63, 3.8) is 0 Å². The van der Waals surface area contributed by atoms with Crippen LogP contribution >= 0.6 is 0 Å². The number of nitro groups is 1. The van der Waals surface area contributed by atoms with E-state index in [4.69, 9.17) is 4.74 Å². The van der Waals surface area contributed by atoms with E-state index >= 15 is 0 Å². The maximum Gasteiger partial charge on any atom is 0.292 e. The van der Waals surface area contributed by atoms with Crippen LogP contribution in [0.25, 0.3) is 0 Å². The molecule has 2 aliphatic rings. The van der Waals surface area contributed by atoms with Gasteiger partial charge in [0.25, 0.3) is 5.69 Å². The third-order valence-corrected chi connectivity index (χ3v) is 4.34. The van der Waals surface area contributed by atoms with Gasteiger partial charge in [0.05, 0.1) is 24.2 Å². The monoisotopic (exact) mass is 277 g/mol. The van der Waals surface area contributed by atoms with Crippen LogP contribution in [0.5, 0.6) is 0 Å². The highest BCUT2D eigenvalue weighted by molar-refractivity contribution is 5.63. The number of benzene rings is 1. The highest BCUT2D eigenvalue weighted by Gasteiger charge is 2.35. The lowest BCUT2D eigenvalue weighted by molar-refractivity contribution is -0.384. The molecule has 0 aliphatic carbocycles. The van der Waals surface area contributed by atoms with Crippen molar-refractivity contribution < 1.29 is 9.66 Å². The molecule has 0 amide bonds. The third kappa shape index (κ3) is 2.36. The van der Waals surface area contributed by atoms with E-state index in [-0.39, 0.29) is 10.6 Å². The fourth-order valence-electron chi connectivity index (χ4n) is 2.96. The summed E-state index contributed by atoms with van der Waals surface area (Å²) in [7, 11) is 1.95. The second-order valence-corrected chi connectivity index (χ2v) is 5.49. The summed E-state index contributed by atoms with van der Waals surface area (Å²) in [5, 5.41) is 11.1. The Kier molecular flexibility index (Phi) is 3.58. The number of rotatable bonds is 4. The molecule has 0 radical (unpaired) electrons. The number of likely N-dealkylation sites (tertiary alicyclic amines) is 1. The molecule has 1 atom stereocenters. The van der Waals surface area contributed by atoms with Gasteiger partial charge in [0.15, 0.2) is 0 Å². The summed E-state index contributed by atoms with van der Waals surface area (Å²) in [5.74, 6) is 0. The largest absolute Gasteiger partial charge is 0.378 e. The van der Waals surface area contributed by atoms with Crippen molar-refractivity contribution in [2.45, 2.75) is 18.5 Å². The molecular weight excluding hydrogens is 258 g/mol. The molecule has 0 spiro atoms. The Balaban J connectivity index is 1.73. The molecule has 2 saturated heterocycles. The molecule has 1 aromatic rings. The highest BCUT2D eigenvalue weighted by Crippen LogP contribution is 2.31. The van der Waals surface area contributed by atoms with Gasteiger partial charge in [-0.15, -0.1) is 0 Å². The maximum atomic E-state index is 11.1. The van der Waals surface area contributed by atoms with Crippen LogP contribution in [0.1, 0.15) is 6.42 Å². The highest BCUT2D eigenvalue weighted by atomic mass is 16.6. The predicted octanol–water partition coefficient (Wildman–Crippen LogP) is 1.50. The molecule has 2 heterocycles. The first-order valence-corrected chi connectivity index (χ1v) is 6.95. The summed E-state index contributed by atoms with van der Waals surface area (Å²) < 4.78 is 5.23. The Labute approximate surface area is 118 Å². The topological polar surface area (TPSA) is 58.8 Å². The summed E-state index contributed by atoms with van der Waals surface area (Å²) in [4.78, 5) is 15.3. The minimum Gasteiger partial charge on any atom is -0.378 e.